The van der Waals surface area contributed by atoms with E-state index in [0.29, 0.717) is 13.1 Å². The maximum Gasteiger partial charge on any atom is 0.308 e. The molecule has 1 heterocycles. The van der Waals surface area contributed by atoms with Crippen LogP contribution in [0.15, 0.2) is 28.8 Å². The second-order valence-electron chi connectivity index (χ2n) is 5.76. The van der Waals surface area contributed by atoms with Crippen LogP contribution >= 0.6 is 0 Å². The molecule has 118 valence electrons. The number of rotatable bonds is 6. The van der Waals surface area contributed by atoms with Crippen LogP contribution in [0.3, 0.4) is 0 Å². The number of carboxylic acids is 1. The summed E-state index contributed by atoms with van der Waals surface area (Å²) in [7, 11) is 0. The minimum absolute atomic E-state index is 0.433. The first-order valence-electron chi connectivity index (χ1n) is 7.34. The number of carboxylic acid groups (broad SMARTS) is 1. The second kappa shape index (κ2) is 6.64. The molecule has 5 heteroatoms. The molecule has 1 N–H and O–H groups in total. The molecule has 2 aromatic rings. The van der Waals surface area contributed by atoms with Crippen molar-refractivity contribution in [3.05, 3.63) is 46.8 Å². The molecule has 0 saturated carbocycles. The molecule has 1 atom stereocenters. The molecule has 2 rings (SSSR count). The third-order valence-corrected chi connectivity index (χ3v) is 3.85. The van der Waals surface area contributed by atoms with Crippen molar-refractivity contribution in [2.24, 2.45) is 5.92 Å². The molecule has 0 aliphatic rings. The zero-order valence-electron chi connectivity index (χ0n) is 13.5. The largest absolute Gasteiger partial charge is 0.481 e. The van der Waals surface area contributed by atoms with Crippen molar-refractivity contribution in [1.29, 1.82) is 0 Å². The van der Waals surface area contributed by atoms with E-state index in [1.54, 1.807) is 6.92 Å². The fourth-order valence-corrected chi connectivity index (χ4v) is 2.34. The molecule has 1 aromatic carbocycles. The standard InChI is InChI=1S/C17H22N2O3/c1-11-5-7-15(8-6-11)19(9-12(2)17(20)21)10-16-13(3)18-22-14(16)4/h5-8,12H,9-10H2,1-4H3,(H,20,21). The minimum Gasteiger partial charge on any atom is -0.481 e. The summed E-state index contributed by atoms with van der Waals surface area (Å²) in [6.07, 6.45) is 0. The Morgan fingerprint density at radius 3 is 2.41 bits per heavy atom. The summed E-state index contributed by atoms with van der Waals surface area (Å²) in [6.45, 7) is 8.55. The average Bonchev–Trinajstić information content (AvgIpc) is 2.79. The Morgan fingerprint density at radius 1 is 1.27 bits per heavy atom. The van der Waals surface area contributed by atoms with Gasteiger partial charge in [0.05, 0.1) is 11.6 Å². The van der Waals surface area contributed by atoms with Gasteiger partial charge in [-0.2, -0.15) is 0 Å². The molecule has 22 heavy (non-hydrogen) atoms. The quantitative estimate of drug-likeness (QED) is 0.886. The molecule has 0 aliphatic carbocycles. The van der Waals surface area contributed by atoms with Crippen LogP contribution in [0.5, 0.6) is 0 Å². The highest BCUT2D eigenvalue weighted by atomic mass is 16.5. The van der Waals surface area contributed by atoms with Crippen molar-refractivity contribution in [2.45, 2.75) is 34.2 Å². The number of benzene rings is 1. The van der Waals surface area contributed by atoms with Crippen LogP contribution < -0.4 is 4.90 Å². The smallest absolute Gasteiger partial charge is 0.308 e. The van der Waals surface area contributed by atoms with Gasteiger partial charge in [0.1, 0.15) is 5.76 Å². The van der Waals surface area contributed by atoms with E-state index in [4.69, 9.17) is 4.52 Å². The number of nitrogens with zero attached hydrogens (tertiary/aromatic N) is 2. The van der Waals surface area contributed by atoms with Gasteiger partial charge < -0.3 is 14.5 Å². The number of aliphatic carboxylic acids is 1. The van der Waals surface area contributed by atoms with Gasteiger partial charge in [-0.15, -0.1) is 0 Å². The van der Waals surface area contributed by atoms with E-state index in [1.165, 1.54) is 5.56 Å². The van der Waals surface area contributed by atoms with Gasteiger partial charge in [-0.3, -0.25) is 4.79 Å². The van der Waals surface area contributed by atoms with E-state index in [9.17, 15) is 9.90 Å². The molecule has 0 bridgehead atoms. The zero-order valence-corrected chi connectivity index (χ0v) is 13.5. The molecule has 0 amide bonds. The molecule has 0 spiro atoms. The highest BCUT2D eigenvalue weighted by Crippen LogP contribution is 2.22. The van der Waals surface area contributed by atoms with Crippen molar-refractivity contribution in [3.63, 3.8) is 0 Å². The monoisotopic (exact) mass is 302 g/mol. The van der Waals surface area contributed by atoms with Crippen molar-refractivity contribution in [1.82, 2.24) is 5.16 Å². The normalized spacial score (nSPS) is 12.2. The number of hydrogen-bond acceptors (Lipinski definition) is 4. The topological polar surface area (TPSA) is 66.6 Å². The van der Waals surface area contributed by atoms with E-state index >= 15 is 0 Å². The third-order valence-electron chi connectivity index (χ3n) is 3.85. The van der Waals surface area contributed by atoms with Crippen LogP contribution in [-0.4, -0.2) is 22.8 Å². The number of anilines is 1. The lowest BCUT2D eigenvalue weighted by Gasteiger charge is -2.26. The highest BCUT2D eigenvalue weighted by Gasteiger charge is 2.20. The number of carbonyl (C=O) groups is 1. The second-order valence-corrected chi connectivity index (χ2v) is 5.76. The highest BCUT2D eigenvalue weighted by molar-refractivity contribution is 5.70. The van der Waals surface area contributed by atoms with Gasteiger partial charge in [0, 0.05) is 24.3 Å². The lowest BCUT2D eigenvalue weighted by atomic mass is 10.1. The summed E-state index contributed by atoms with van der Waals surface area (Å²) in [5.74, 6) is -0.477. The Morgan fingerprint density at radius 2 is 1.91 bits per heavy atom. The van der Waals surface area contributed by atoms with Gasteiger partial charge >= 0.3 is 5.97 Å². The van der Waals surface area contributed by atoms with E-state index in [1.807, 2.05) is 45.0 Å². The molecule has 0 aliphatic heterocycles. The van der Waals surface area contributed by atoms with Gasteiger partial charge in [-0.1, -0.05) is 29.8 Å². The van der Waals surface area contributed by atoms with Crippen molar-refractivity contribution in [2.75, 3.05) is 11.4 Å². The lowest BCUT2D eigenvalue weighted by Crippen LogP contribution is -2.31. The molecule has 0 radical (unpaired) electrons. The maximum atomic E-state index is 11.2. The first-order valence-corrected chi connectivity index (χ1v) is 7.34. The molecular formula is C17H22N2O3. The van der Waals surface area contributed by atoms with Crippen LogP contribution in [0.25, 0.3) is 0 Å². The lowest BCUT2D eigenvalue weighted by molar-refractivity contribution is -0.140. The van der Waals surface area contributed by atoms with Crippen LogP contribution in [0, 0.1) is 26.7 Å². The van der Waals surface area contributed by atoms with Crippen LogP contribution in [0.4, 0.5) is 5.69 Å². The number of hydrogen-bond donors (Lipinski definition) is 1. The summed E-state index contributed by atoms with van der Waals surface area (Å²) in [5, 5.41) is 13.2. The summed E-state index contributed by atoms with van der Waals surface area (Å²) in [4.78, 5) is 13.3. The first kappa shape index (κ1) is 16.1. The first-order chi connectivity index (χ1) is 10.4. The summed E-state index contributed by atoms with van der Waals surface area (Å²) >= 11 is 0. The Bertz CT molecular complexity index is 627. The molecular weight excluding hydrogens is 280 g/mol. The van der Waals surface area contributed by atoms with Gasteiger partial charge in [0.2, 0.25) is 0 Å². The fourth-order valence-electron chi connectivity index (χ4n) is 2.34. The number of aryl methyl sites for hydroxylation is 3. The van der Waals surface area contributed by atoms with Crippen LogP contribution in [0.2, 0.25) is 0 Å². The molecule has 5 nitrogen and oxygen atoms in total. The van der Waals surface area contributed by atoms with Crippen molar-refractivity contribution in [3.8, 4) is 0 Å². The Kier molecular flexibility index (Phi) is 4.85. The van der Waals surface area contributed by atoms with Gasteiger partial charge in [-0.05, 0) is 32.9 Å². The van der Waals surface area contributed by atoms with Crippen molar-refractivity contribution >= 4 is 11.7 Å². The van der Waals surface area contributed by atoms with Crippen molar-refractivity contribution < 1.29 is 14.4 Å². The Balaban J connectivity index is 2.28. The fraction of sp³-hybridized carbons (Fsp3) is 0.412. The maximum absolute atomic E-state index is 11.2. The van der Waals surface area contributed by atoms with Crippen LogP contribution in [0.1, 0.15) is 29.5 Å². The number of aromatic nitrogens is 1. The predicted octanol–water partition coefficient (Wildman–Crippen LogP) is 3.33. The Hall–Kier alpha value is -2.30. The van der Waals surface area contributed by atoms with E-state index in [0.717, 1.165) is 22.7 Å². The molecule has 0 saturated heterocycles. The molecule has 1 aromatic heterocycles. The van der Waals surface area contributed by atoms with E-state index in [2.05, 4.69) is 10.1 Å². The predicted molar refractivity (Wildman–Crippen MR) is 85.0 cm³/mol. The van der Waals surface area contributed by atoms with Gasteiger partial charge in [0.15, 0.2) is 0 Å². The molecule has 0 fully saturated rings. The average molecular weight is 302 g/mol. The SMILES string of the molecule is Cc1ccc(N(Cc2c(C)noc2C)CC(C)C(=O)O)cc1. The van der Waals surface area contributed by atoms with Crippen LogP contribution in [-0.2, 0) is 11.3 Å². The Labute approximate surface area is 130 Å². The minimum atomic E-state index is -0.795. The summed E-state index contributed by atoms with van der Waals surface area (Å²) < 4.78 is 5.21. The van der Waals surface area contributed by atoms with E-state index in [-0.39, 0.29) is 0 Å². The zero-order chi connectivity index (χ0) is 16.3. The van der Waals surface area contributed by atoms with E-state index < -0.39 is 11.9 Å². The summed E-state index contributed by atoms with van der Waals surface area (Å²) in [6, 6.07) is 8.09. The van der Waals surface area contributed by atoms with Gasteiger partial charge in [-0.25, -0.2) is 0 Å². The molecule has 1 unspecified atom stereocenters. The summed E-state index contributed by atoms with van der Waals surface area (Å²) in [5.41, 5.74) is 4.03. The van der Waals surface area contributed by atoms with Gasteiger partial charge in [0.25, 0.3) is 0 Å². The third kappa shape index (κ3) is 3.67.